The van der Waals surface area contributed by atoms with Crippen LogP contribution >= 0.6 is 22.9 Å². The van der Waals surface area contributed by atoms with Gasteiger partial charge in [0.25, 0.3) is 0 Å². The molecule has 2 heterocycles. The zero-order chi connectivity index (χ0) is 9.26. The van der Waals surface area contributed by atoms with Crippen molar-refractivity contribution in [1.82, 2.24) is 4.98 Å². The number of nitriles is 1. The first-order valence-electron chi connectivity index (χ1n) is 3.64. The van der Waals surface area contributed by atoms with Gasteiger partial charge < -0.3 is 4.98 Å². The van der Waals surface area contributed by atoms with E-state index < -0.39 is 0 Å². The molecule has 2 rings (SSSR count). The Balaban J connectivity index is 2.53. The highest BCUT2D eigenvalue weighted by Gasteiger charge is 2.07. The minimum atomic E-state index is 0.651. The van der Waals surface area contributed by atoms with Gasteiger partial charge in [-0.15, -0.1) is 11.3 Å². The van der Waals surface area contributed by atoms with Crippen molar-refractivity contribution in [3.8, 4) is 16.5 Å². The van der Waals surface area contributed by atoms with Gasteiger partial charge in [0, 0.05) is 22.8 Å². The van der Waals surface area contributed by atoms with Crippen LogP contribution in [-0.2, 0) is 0 Å². The maximum absolute atomic E-state index is 8.78. The van der Waals surface area contributed by atoms with Gasteiger partial charge in [-0.1, -0.05) is 11.6 Å². The van der Waals surface area contributed by atoms with Gasteiger partial charge in [0.15, 0.2) is 0 Å². The number of hydrogen-bond donors (Lipinski definition) is 1. The standard InChI is InChI=1S/C9H5ClN2S/c10-9-2-1-8(13-9)7-5-12-4-6(7)3-11/h1-2,4-5,12H. The summed E-state index contributed by atoms with van der Waals surface area (Å²) < 4.78 is 0.736. The second-order valence-electron chi connectivity index (χ2n) is 2.50. The van der Waals surface area contributed by atoms with E-state index in [1.807, 2.05) is 12.1 Å². The van der Waals surface area contributed by atoms with Gasteiger partial charge in [-0.3, -0.25) is 0 Å². The van der Waals surface area contributed by atoms with Crippen molar-refractivity contribution >= 4 is 22.9 Å². The molecule has 0 fully saturated rings. The lowest BCUT2D eigenvalue weighted by atomic mass is 10.2. The predicted molar refractivity (Wildman–Crippen MR) is 53.8 cm³/mol. The summed E-state index contributed by atoms with van der Waals surface area (Å²) in [5.41, 5.74) is 1.57. The van der Waals surface area contributed by atoms with Crippen molar-refractivity contribution in [2.24, 2.45) is 0 Å². The Labute approximate surface area is 84.4 Å². The number of H-pyrrole nitrogens is 1. The number of nitrogens with one attached hydrogen (secondary N) is 1. The normalized spacial score (nSPS) is 9.85. The lowest BCUT2D eigenvalue weighted by Gasteiger charge is -1.90. The Kier molecular flexibility index (Phi) is 2.09. The van der Waals surface area contributed by atoms with Crippen LogP contribution in [0.1, 0.15) is 5.56 Å². The van der Waals surface area contributed by atoms with E-state index in [0.717, 1.165) is 14.8 Å². The largest absolute Gasteiger partial charge is 0.366 e. The second kappa shape index (κ2) is 3.25. The highest BCUT2D eigenvalue weighted by atomic mass is 35.5. The SMILES string of the molecule is N#Cc1c[nH]cc1-c1ccc(Cl)s1. The average Bonchev–Trinajstić information content (AvgIpc) is 2.71. The molecule has 0 saturated carbocycles. The summed E-state index contributed by atoms with van der Waals surface area (Å²) in [5.74, 6) is 0. The molecule has 0 unspecified atom stereocenters. The van der Waals surface area contributed by atoms with Crippen molar-refractivity contribution < 1.29 is 0 Å². The van der Waals surface area contributed by atoms with Crippen LogP contribution in [-0.4, -0.2) is 4.98 Å². The first-order chi connectivity index (χ1) is 6.31. The van der Waals surface area contributed by atoms with Gasteiger partial charge in [-0.25, -0.2) is 0 Å². The van der Waals surface area contributed by atoms with Gasteiger partial charge in [0.1, 0.15) is 6.07 Å². The van der Waals surface area contributed by atoms with Crippen molar-refractivity contribution in [2.45, 2.75) is 0 Å². The maximum atomic E-state index is 8.78. The molecule has 0 atom stereocenters. The average molecular weight is 209 g/mol. The van der Waals surface area contributed by atoms with E-state index in [1.54, 1.807) is 12.4 Å². The zero-order valence-corrected chi connectivity index (χ0v) is 8.12. The van der Waals surface area contributed by atoms with Crippen LogP contribution in [0.15, 0.2) is 24.5 Å². The third kappa shape index (κ3) is 1.46. The predicted octanol–water partition coefficient (Wildman–Crippen LogP) is 3.27. The molecule has 4 heteroatoms. The van der Waals surface area contributed by atoms with Crippen LogP contribution in [0, 0.1) is 11.3 Å². The van der Waals surface area contributed by atoms with Gasteiger partial charge in [-0.2, -0.15) is 5.26 Å². The highest BCUT2D eigenvalue weighted by molar-refractivity contribution is 7.19. The molecule has 0 aromatic carbocycles. The molecule has 13 heavy (non-hydrogen) atoms. The van der Waals surface area contributed by atoms with Crippen LogP contribution in [0.3, 0.4) is 0 Å². The number of aromatic nitrogens is 1. The number of thiophene rings is 1. The lowest BCUT2D eigenvalue weighted by molar-refractivity contribution is 1.40. The van der Waals surface area contributed by atoms with E-state index in [2.05, 4.69) is 11.1 Å². The molecular weight excluding hydrogens is 204 g/mol. The smallest absolute Gasteiger partial charge is 0.101 e. The van der Waals surface area contributed by atoms with Gasteiger partial charge in [0.2, 0.25) is 0 Å². The zero-order valence-electron chi connectivity index (χ0n) is 6.54. The molecule has 2 aromatic heterocycles. The van der Waals surface area contributed by atoms with Crippen LogP contribution in [0.2, 0.25) is 4.34 Å². The molecule has 0 saturated heterocycles. The molecule has 0 radical (unpaired) electrons. The van der Waals surface area contributed by atoms with E-state index >= 15 is 0 Å². The molecule has 0 amide bonds. The van der Waals surface area contributed by atoms with Crippen molar-refractivity contribution in [3.63, 3.8) is 0 Å². The van der Waals surface area contributed by atoms with E-state index in [9.17, 15) is 0 Å². The molecule has 2 aromatic rings. The summed E-state index contributed by atoms with van der Waals surface area (Å²) in [5, 5.41) is 8.78. The van der Waals surface area contributed by atoms with E-state index in [0.29, 0.717) is 5.56 Å². The van der Waals surface area contributed by atoms with E-state index in [4.69, 9.17) is 16.9 Å². The Morgan fingerprint density at radius 3 is 2.85 bits per heavy atom. The summed E-state index contributed by atoms with van der Waals surface area (Å²) in [6.07, 6.45) is 3.49. The summed E-state index contributed by atoms with van der Waals surface area (Å²) in [6, 6.07) is 5.86. The fourth-order valence-corrected chi connectivity index (χ4v) is 2.19. The van der Waals surface area contributed by atoms with Crippen LogP contribution in [0.4, 0.5) is 0 Å². The maximum Gasteiger partial charge on any atom is 0.101 e. The molecule has 0 bridgehead atoms. The summed E-state index contributed by atoms with van der Waals surface area (Å²) in [4.78, 5) is 3.91. The summed E-state index contributed by atoms with van der Waals surface area (Å²) in [7, 11) is 0. The van der Waals surface area contributed by atoms with Crippen molar-refractivity contribution in [2.75, 3.05) is 0 Å². The van der Waals surface area contributed by atoms with Crippen LogP contribution in [0.25, 0.3) is 10.4 Å². The Bertz CT molecular complexity index is 464. The van der Waals surface area contributed by atoms with Gasteiger partial charge in [-0.05, 0) is 12.1 Å². The molecule has 0 spiro atoms. The number of aromatic amines is 1. The molecule has 2 nitrogen and oxygen atoms in total. The molecule has 0 aliphatic heterocycles. The fraction of sp³-hybridized carbons (Fsp3) is 0. The quantitative estimate of drug-likeness (QED) is 0.768. The number of hydrogen-bond acceptors (Lipinski definition) is 2. The topological polar surface area (TPSA) is 39.6 Å². The fourth-order valence-electron chi connectivity index (χ4n) is 1.12. The minimum Gasteiger partial charge on any atom is -0.366 e. The first-order valence-corrected chi connectivity index (χ1v) is 4.83. The Morgan fingerprint density at radius 1 is 1.38 bits per heavy atom. The van der Waals surface area contributed by atoms with E-state index in [-0.39, 0.29) is 0 Å². The summed E-state index contributed by atoms with van der Waals surface area (Å²) in [6.45, 7) is 0. The van der Waals surface area contributed by atoms with Gasteiger partial charge in [0.05, 0.1) is 9.90 Å². The molecule has 0 aliphatic rings. The lowest BCUT2D eigenvalue weighted by Crippen LogP contribution is -1.70. The van der Waals surface area contributed by atoms with E-state index in [1.165, 1.54) is 11.3 Å². The monoisotopic (exact) mass is 208 g/mol. The third-order valence-corrected chi connectivity index (χ3v) is 2.97. The van der Waals surface area contributed by atoms with Crippen LogP contribution in [0.5, 0.6) is 0 Å². The number of nitrogens with zero attached hydrogens (tertiary/aromatic N) is 1. The number of halogens is 1. The molecule has 1 N–H and O–H groups in total. The molecular formula is C9H5ClN2S. The summed E-state index contributed by atoms with van der Waals surface area (Å²) >= 11 is 7.27. The van der Waals surface area contributed by atoms with Crippen molar-refractivity contribution in [3.05, 3.63) is 34.4 Å². The second-order valence-corrected chi connectivity index (χ2v) is 4.21. The Hall–Kier alpha value is -1.24. The first kappa shape index (κ1) is 8.36. The minimum absolute atomic E-state index is 0.651. The van der Waals surface area contributed by atoms with Gasteiger partial charge >= 0.3 is 0 Å². The third-order valence-electron chi connectivity index (χ3n) is 1.70. The molecule has 64 valence electrons. The Morgan fingerprint density at radius 2 is 2.23 bits per heavy atom. The van der Waals surface area contributed by atoms with Crippen LogP contribution < -0.4 is 0 Å². The molecule has 0 aliphatic carbocycles. The highest BCUT2D eigenvalue weighted by Crippen LogP contribution is 2.32. The van der Waals surface area contributed by atoms with Crippen molar-refractivity contribution in [1.29, 1.82) is 5.26 Å². The number of rotatable bonds is 1.